The third-order valence-corrected chi connectivity index (χ3v) is 4.06. The number of nitrogens with two attached hydrogens (primary N) is 1. The second kappa shape index (κ2) is 5.69. The molecule has 1 fully saturated rings. The highest BCUT2D eigenvalue weighted by molar-refractivity contribution is 7.07. The predicted molar refractivity (Wildman–Crippen MR) is 77.0 cm³/mol. The molecule has 5 heteroatoms. The molecule has 3 N–H and O–H groups in total. The number of hydrogen-bond acceptors (Lipinski definition) is 5. The summed E-state index contributed by atoms with van der Waals surface area (Å²) in [5, 5.41) is 7.65. The second-order valence-electron chi connectivity index (χ2n) is 4.77. The highest BCUT2D eigenvalue weighted by Gasteiger charge is 2.28. The number of rotatable bonds is 3. The van der Waals surface area contributed by atoms with Crippen LogP contribution in [-0.2, 0) is 4.74 Å². The molecule has 0 unspecified atom stereocenters. The summed E-state index contributed by atoms with van der Waals surface area (Å²) in [6.07, 6.45) is 5.09. The molecule has 1 saturated heterocycles. The fraction of sp³-hybridized carbons (Fsp3) is 0.357. The van der Waals surface area contributed by atoms with Crippen molar-refractivity contribution >= 4 is 17.0 Å². The van der Waals surface area contributed by atoms with Gasteiger partial charge in [0.25, 0.3) is 0 Å². The number of ether oxygens (including phenoxy) is 1. The molecule has 1 aliphatic heterocycles. The van der Waals surface area contributed by atoms with E-state index in [4.69, 9.17) is 10.5 Å². The van der Waals surface area contributed by atoms with Crippen LogP contribution in [0.15, 0.2) is 41.4 Å². The smallest absolute Gasteiger partial charge is 0.130 e. The van der Waals surface area contributed by atoms with Gasteiger partial charge in [-0.25, -0.2) is 0 Å². The molecule has 1 aliphatic rings. The molecule has 2 aromatic rings. The maximum Gasteiger partial charge on any atom is 0.130 e. The van der Waals surface area contributed by atoms with Crippen LogP contribution in [0.1, 0.15) is 24.3 Å². The molecule has 3 rings (SSSR count). The van der Waals surface area contributed by atoms with Crippen molar-refractivity contribution in [2.45, 2.75) is 31.2 Å². The van der Waals surface area contributed by atoms with E-state index in [2.05, 4.69) is 27.1 Å². The van der Waals surface area contributed by atoms with E-state index in [0.717, 1.165) is 18.5 Å². The molecule has 4 nitrogen and oxygen atoms in total. The number of nitrogens with zero attached hydrogens (tertiary/aromatic N) is 1. The van der Waals surface area contributed by atoms with Crippen LogP contribution >= 0.6 is 11.3 Å². The van der Waals surface area contributed by atoms with E-state index in [9.17, 15) is 0 Å². The number of hydrogen-bond donors (Lipinski definition) is 2. The van der Waals surface area contributed by atoms with Gasteiger partial charge in [0, 0.05) is 12.4 Å². The number of thiophene rings is 1. The van der Waals surface area contributed by atoms with E-state index >= 15 is 0 Å². The monoisotopic (exact) mass is 275 g/mol. The van der Waals surface area contributed by atoms with Crippen LogP contribution in [0.25, 0.3) is 0 Å². The van der Waals surface area contributed by atoms with E-state index in [0.29, 0.717) is 5.92 Å². The fourth-order valence-corrected chi connectivity index (χ4v) is 3.21. The SMILES string of the molecule is N[C@@H]1C[C@H](c2ccsc2)C[C@@H](Nc2cccnc2)O1. The molecular weight excluding hydrogens is 258 g/mol. The third kappa shape index (κ3) is 3.12. The normalized spacial score (nSPS) is 27.1. The summed E-state index contributed by atoms with van der Waals surface area (Å²) in [6, 6.07) is 6.06. The van der Waals surface area contributed by atoms with Crippen molar-refractivity contribution in [3.63, 3.8) is 0 Å². The minimum absolute atomic E-state index is 0.0575. The van der Waals surface area contributed by atoms with E-state index in [-0.39, 0.29) is 12.5 Å². The van der Waals surface area contributed by atoms with E-state index < -0.39 is 0 Å². The van der Waals surface area contributed by atoms with Crippen molar-refractivity contribution in [1.82, 2.24) is 4.98 Å². The second-order valence-corrected chi connectivity index (χ2v) is 5.55. The summed E-state index contributed by atoms with van der Waals surface area (Å²) in [5.41, 5.74) is 8.33. The Morgan fingerprint density at radius 2 is 2.32 bits per heavy atom. The largest absolute Gasteiger partial charge is 0.359 e. The molecule has 0 saturated carbocycles. The van der Waals surface area contributed by atoms with Gasteiger partial charge in [-0.15, -0.1) is 0 Å². The molecule has 3 atom stereocenters. The van der Waals surface area contributed by atoms with Gasteiger partial charge in [-0.05, 0) is 53.3 Å². The summed E-state index contributed by atoms with van der Waals surface area (Å²) >= 11 is 1.73. The maximum absolute atomic E-state index is 6.00. The summed E-state index contributed by atoms with van der Waals surface area (Å²) < 4.78 is 5.76. The van der Waals surface area contributed by atoms with Gasteiger partial charge in [0.1, 0.15) is 12.5 Å². The summed E-state index contributed by atoms with van der Waals surface area (Å²) in [6.45, 7) is 0. The van der Waals surface area contributed by atoms with Gasteiger partial charge >= 0.3 is 0 Å². The maximum atomic E-state index is 6.00. The van der Waals surface area contributed by atoms with Crippen LogP contribution in [0, 0.1) is 0 Å². The first-order chi connectivity index (χ1) is 9.31. The highest BCUT2D eigenvalue weighted by Crippen LogP contribution is 2.33. The Morgan fingerprint density at radius 1 is 1.37 bits per heavy atom. The molecule has 2 aromatic heterocycles. The minimum Gasteiger partial charge on any atom is -0.359 e. The Morgan fingerprint density at radius 3 is 3.05 bits per heavy atom. The first-order valence-corrected chi connectivity index (χ1v) is 7.35. The number of pyridine rings is 1. The van der Waals surface area contributed by atoms with Gasteiger partial charge in [0.05, 0.1) is 5.69 Å². The van der Waals surface area contributed by atoms with Crippen LogP contribution in [0.3, 0.4) is 0 Å². The Kier molecular flexibility index (Phi) is 3.77. The average Bonchev–Trinajstić information content (AvgIpc) is 2.93. The standard InChI is InChI=1S/C14H17N3OS/c15-13-6-11(10-3-5-19-9-10)7-14(18-13)17-12-2-1-4-16-8-12/h1-5,8-9,11,13-14,17H,6-7,15H2/t11-,13-,14-/m0/s1. The van der Waals surface area contributed by atoms with E-state index in [1.165, 1.54) is 5.56 Å². The Balaban J connectivity index is 1.69. The first kappa shape index (κ1) is 12.6. The molecule has 0 aliphatic carbocycles. The third-order valence-electron chi connectivity index (χ3n) is 3.36. The predicted octanol–water partition coefficient (Wildman–Crippen LogP) is 2.76. The van der Waals surface area contributed by atoms with E-state index in [1.54, 1.807) is 23.7 Å². The van der Waals surface area contributed by atoms with Crippen LogP contribution in [0.5, 0.6) is 0 Å². The Labute approximate surface area is 116 Å². The molecule has 0 amide bonds. The molecular formula is C14H17N3OS. The topological polar surface area (TPSA) is 60.2 Å². The fourth-order valence-electron chi connectivity index (χ4n) is 2.46. The molecule has 3 heterocycles. The molecule has 100 valence electrons. The minimum atomic E-state index is -0.215. The lowest BCUT2D eigenvalue weighted by atomic mass is 9.91. The quantitative estimate of drug-likeness (QED) is 0.904. The van der Waals surface area contributed by atoms with Gasteiger partial charge in [-0.2, -0.15) is 11.3 Å². The number of nitrogens with one attached hydrogen (secondary N) is 1. The van der Waals surface area contributed by atoms with Gasteiger partial charge < -0.3 is 15.8 Å². The van der Waals surface area contributed by atoms with Gasteiger partial charge in [0.2, 0.25) is 0 Å². The van der Waals surface area contributed by atoms with Gasteiger partial charge in [-0.3, -0.25) is 4.98 Å². The van der Waals surface area contributed by atoms with Crippen LogP contribution < -0.4 is 11.1 Å². The van der Waals surface area contributed by atoms with Crippen molar-refractivity contribution in [3.8, 4) is 0 Å². The van der Waals surface area contributed by atoms with Gasteiger partial charge in [0.15, 0.2) is 0 Å². The van der Waals surface area contributed by atoms with Gasteiger partial charge in [-0.1, -0.05) is 0 Å². The van der Waals surface area contributed by atoms with E-state index in [1.807, 2.05) is 12.1 Å². The van der Waals surface area contributed by atoms with Crippen molar-refractivity contribution in [2.75, 3.05) is 5.32 Å². The summed E-state index contributed by atoms with van der Waals surface area (Å²) in [5.74, 6) is 0.462. The molecule has 0 radical (unpaired) electrons. The van der Waals surface area contributed by atoms with Crippen LogP contribution in [0.2, 0.25) is 0 Å². The highest BCUT2D eigenvalue weighted by atomic mass is 32.1. The Bertz CT molecular complexity index is 503. The first-order valence-electron chi connectivity index (χ1n) is 6.41. The van der Waals surface area contributed by atoms with Crippen molar-refractivity contribution in [2.24, 2.45) is 5.73 Å². The van der Waals surface area contributed by atoms with Crippen molar-refractivity contribution < 1.29 is 4.74 Å². The number of aromatic nitrogens is 1. The van der Waals surface area contributed by atoms with Crippen LogP contribution in [-0.4, -0.2) is 17.4 Å². The lowest BCUT2D eigenvalue weighted by Crippen LogP contribution is -2.41. The average molecular weight is 275 g/mol. The Hall–Kier alpha value is -1.43. The zero-order chi connectivity index (χ0) is 13.1. The lowest BCUT2D eigenvalue weighted by molar-refractivity contribution is -0.0395. The summed E-state index contributed by atoms with van der Waals surface area (Å²) in [4.78, 5) is 4.09. The molecule has 0 spiro atoms. The number of anilines is 1. The zero-order valence-electron chi connectivity index (χ0n) is 10.5. The zero-order valence-corrected chi connectivity index (χ0v) is 11.3. The molecule has 19 heavy (non-hydrogen) atoms. The lowest BCUT2D eigenvalue weighted by Gasteiger charge is -2.34. The van der Waals surface area contributed by atoms with Crippen molar-refractivity contribution in [1.29, 1.82) is 0 Å². The molecule has 0 aromatic carbocycles. The molecule has 0 bridgehead atoms. The summed E-state index contributed by atoms with van der Waals surface area (Å²) in [7, 11) is 0. The van der Waals surface area contributed by atoms with Crippen molar-refractivity contribution in [3.05, 3.63) is 46.9 Å². The van der Waals surface area contributed by atoms with Crippen LogP contribution in [0.4, 0.5) is 5.69 Å².